The summed E-state index contributed by atoms with van der Waals surface area (Å²) in [6, 6.07) is 0.469. The number of rotatable bonds is 7. The molecule has 1 aromatic heterocycles. The van der Waals surface area contributed by atoms with Crippen molar-refractivity contribution < 1.29 is 9.26 Å². The molecule has 1 N–H and O–H groups in total. The number of hydrogen-bond donors (Lipinski definition) is 1. The molecule has 0 atom stereocenters. The first-order valence-electron chi connectivity index (χ1n) is 6.21. The van der Waals surface area contributed by atoms with Crippen LogP contribution in [0.3, 0.4) is 0 Å². The molecule has 0 spiro atoms. The second-order valence-corrected chi connectivity index (χ2v) is 4.60. The first-order valence-corrected chi connectivity index (χ1v) is 6.21. The summed E-state index contributed by atoms with van der Waals surface area (Å²) in [5, 5.41) is 7.12. The van der Waals surface area contributed by atoms with Gasteiger partial charge in [-0.2, -0.15) is 4.98 Å². The highest BCUT2D eigenvalue weighted by molar-refractivity contribution is 5.20. The van der Waals surface area contributed by atoms with Gasteiger partial charge in [0.2, 0.25) is 5.82 Å². The van der Waals surface area contributed by atoms with Gasteiger partial charge in [0.25, 0.3) is 0 Å². The first kappa shape index (κ1) is 14.0. The highest BCUT2D eigenvalue weighted by atomic mass is 16.5. The van der Waals surface area contributed by atoms with Crippen LogP contribution in [-0.4, -0.2) is 23.8 Å². The van der Waals surface area contributed by atoms with Crippen molar-refractivity contribution in [3.05, 3.63) is 5.82 Å². The molecular weight excluding hydrogens is 218 g/mol. The van der Waals surface area contributed by atoms with Gasteiger partial charge in [0, 0.05) is 13.7 Å². The van der Waals surface area contributed by atoms with E-state index < -0.39 is 5.60 Å². The molecule has 5 heteroatoms. The van der Waals surface area contributed by atoms with Gasteiger partial charge in [-0.1, -0.05) is 32.9 Å². The van der Waals surface area contributed by atoms with Crippen LogP contribution in [0, 0.1) is 5.92 Å². The van der Waals surface area contributed by atoms with Gasteiger partial charge in [-0.05, 0) is 18.8 Å². The van der Waals surface area contributed by atoms with E-state index in [0.717, 1.165) is 19.4 Å². The van der Waals surface area contributed by atoms with Gasteiger partial charge in [0.05, 0.1) is 0 Å². The predicted molar refractivity (Wildman–Crippen MR) is 66.9 cm³/mol. The van der Waals surface area contributed by atoms with Crippen molar-refractivity contribution in [3.63, 3.8) is 0 Å². The molecule has 0 fully saturated rings. The van der Waals surface area contributed by atoms with E-state index in [1.807, 2.05) is 0 Å². The molecule has 0 aliphatic heterocycles. The van der Waals surface area contributed by atoms with Crippen molar-refractivity contribution in [2.24, 2.45) is 5.92 Å². The Hall–Kier alpha value is -1.10. The Bertz CT molecular complexity index is 324. The molecule has 0 radical (unpaired) electrons. The molecule has 5 nitrogen and oxygen atoms in total. The minimum atomic E-state index is -0.429. The number of aromatic nitrogens is 2. The van der Waals surface area contributed by atoms with Crippen LogP contribution in [-0.2, 0) is 10.3 Å². The summed E-state index contributed by atoms with van der Waals surface area (Å²) in [7, 11) is 1.69. The topological polar surface area (TPSA) is 60.2 Å². The van der Waals surface area contributed by atoms with E-state index in [1.165, 1.54) is 0 Å². The summed E-state index contributed by atoms with van der Waals surface area (Å²) in [5.41, 5.74) is -0.429. The molecule has 1 rings (SSSR count). The Morgan fingerprint density at radius 2 is 2.00 bits per heavy atom. The molecule has 0 aliphatic rings. The smallest absolute Gasteiger partial charge is 0.321 e. The minimum absolute atomic E-state index is 0.429. The molecule has 0 saturated heterocycles. The van der Waals surface area contributed by atoms with Gasteiger partial charge in [0.15, 0.2) is 0 Å². The molecule has 0 aliphatic carbocycles. The molecule has 0 saturated carbocycles. The van der Waals surface area contributed by atoms with Crippen molar-refractivity contribution in [2.45, 2.75) is 46.1 Å². The van der Waals surface area contributed by atoms with E-state index in [2.05, 4.69) is 43.2 Å². The Morgan fingerprint density at radius 3 is 2.47 bits per heavy atom. The fourth-order valence-corrected chi connectivity index (χ4v) is 1.72. The number of nitrogens with one attached hydrogen (secondary N) is 1. The largest absolute Gasteiger partial charge is 0.370 e. The highest BCUT2D eigenvalue weighted by Crippen LogP contribution is 2.30. The van der Waals surface area contributed by atoms with E-state index in [9.17, 15) is 0 Å². The fourth-order valence-electron chi connectivity index (χ4n) is 1.72. The molecule has 0 aromatic carbocycles. The standard InChI is InChI=1S/C12H23N3O2/c1-6-12(7-2,16-5)10-14-11(17-15-10)13-8-9(3)4/h9H,6-8H2,1-5H3,(H,13,14,15). The number of anilines is 1. The third-order valence-corrected chi connectivity index (χ3v) is 3.03. The number of hydrogen-bond acceptors (Lipinski definition) is 5. The van der Waals surface area contributed by atoms with Gasteiger partial charge < -0.3 is 14.6 Å². The van der Waals surface area contributed by atoms with Crippen LogP contribution in [0.4, 0.5) is 6.01 Å². The highest BCUT2D eigenvalue weighted by Gasteiger charge is 2.33. The molecule has 1 heterocycles. The molecule has 98 valence electrons. The van der Waals surface area contributed by atoms with Crippen LogP contribution in [0.15, 0.2) is 4.52 Å². The van der Waals surface area contributed by atoms with Gasteiger partial charge in [-0.15, -0.1) is 0 Å². The quantitative estimate of drug-likeness (QED) is 0.795. The maximum atomic E-state index is 5.55. The van der Waals surface area contributed by atoms with Crippen LogP contribution in [0.25, 0.3) is 0 Å². The average molecular weight is 241 g/mol. The lowest BCUT2D eigenvalue weighted by atomic mass is 9.96. The molecule has 0 bridgehead atoms. The van der Waals surface area contributed by atoms with E-state index >= 15 is 0 Å². The van der Waals surface area contributed by atoms with Crippen LogP contribution < -0.4 is 5.32 Å². The lowest BCUT2D eigenvalue weighted by molar-refractivity contribution is -0.0306. The summed E-state index contributed by atoms with van der Waals surface area (Å²) in [6.45, 7) is 9.19. The van der Waals surface area contributed by atoms with Crippen molar-refractivity contribution in [1.29, 1.82) is 0 Å². The van der Waals surface area contributed by atoms with Crippen LogP contribution in [0.5, 0.6) is 0 Å². The predicted octanol–water partition coefficient (Wildman–Crippen LogP) is 2.80. The monoisotopic (exact) mass is 241 g/mol. The Morgan fingerprint density at radius 1 is 1.35 bits per heavy atom. The van der Waals surface area contributed by atoms with Crippen molar-refractivity contribution in [3.8, 4) is 0 Å². The zero-order valence-electron chi connectivity index (χ0n) is 11.4. The van der Waals surface area contributed by atoms with E-state index in [0.29, 0.717) is 17.8 Å². The van der Waals surface area contributed by atoms with Gasteiger partial charge in [-0.25, -0.2) is 0 Å². The molecule has 0 amide bonds. The van der Waals surface area contributed by atoms with Gasteiger partial charge >= 0.3 is 6.01 Å². The van der Waals surface area contributed by atoms with Crippen molar-refractivity contribution in [1.82, 2.24) is 10.1 Å². The van der Waals surface area contributed by atoms with Crippen molar-refractivity contribution >= 4 is 6.01 Å². The number of ether oxygens (including phenoxy) is 1. The Labute approximate surface area is 103 Å². The summed E-state index contributed by atoms with van der Waals surface area (Å²) >= 11 is 0. The SMILES string of the molecule is CCC(CC)(OC)c1noc(NCC(C)C)n1. The maximum absolute atomic E-state index is 5.55. The molecular formula is C12H23N3O2. The average Bonchev–Trinajstić information content (AvgIpc) is 2.79. The second-order valence-electron chi connectivity index (χ2n) is 4.60. The van der Waals surface area contributed by atoms with E-state index in [-0.39, 0.29) is 0 Å². The zero-order chi connectivity index (χ0) is 12.9. The lowest BCUT2D eigenvalue weighted by Gasteiger charge is -2.25. The molecule has 17 heavy (non-hydrogen) atoms. The van der Waals surface area contributed by atoms with Crippen LogP contribution in [0.2, 0.25) is 0 Å². The Balaban J connectivity index is 2.78. The van der Waals surface area contributed by atoms with Crippen molar-refractivity contribution in [2.75, 3.05) is 19.0 Å². The van der Waals surface area contributed by atoms with Crippen LogP contribution >= 0.6 is 0 Å². The van der Waals surface area contributed by atoms with E-state index in [1.54, 1.807) is 7.11 Å². The Kier molecular flexibility index (Phi) is 4.93. The summed E-state index contributed by atoms with van der Waals surface area (Å²) in [4.78, 5) is 4.35. The van der Waals surface area contributed by atoms with Crippen LogP contribution in [0.1, 0.15) is 46.4 Å². The lowest BCUT2D eigenvalue weighted by Crippen LogP contribution is -2.28. The minimum Gasteiger partial charge on any atom is -0.370 e. The summed E-state index contributed by atoms with van der Waals surface area (Å²) in [5.74, 6) is 1.16. The second kappa shape index (κ2) is 6.00. The third kappa shape index (κ3) is 3.19. The molecule has 1 aromatic rings. The van der Waals surface area contributed by atoms with E-state index in [4.69, 9.17) is 9.26 Å². The maximum Gasteiger partial charge on any atom is 0.321 e. The number of nitrogens with zero attached hydrogens (tertiary/aromatic N) is 2. The zero-order valence-corrected chi connectivity index (χ0v) is 11.4. The summed E-state index contributed by atoms with van der Waals surface area (Å²) in [6.07, 6.45) is 1.65. The van der Waals surface area contributed by atoms with Gasteiger partial charge in [0.1, 0.15) is 5.60 Å². The summed E-state index contributed by atoms with van der Waals surface area (Å²) < 4.78 is 10.7. The first-order chi connectivity index (χ1) is 8.07. The number of methoxy groups -OCH3 is 1. The van der Waals surface area contributed by atoms with Gasteiger partial charge in [-0.3, -0.25) is 0 Å². The molecule has 0 unspecified atom stereocenters. The fraction of sp³-hybridized carbons (Fsp3) is 0.833. The third-order valence-electron chi connectivity index (χ3n) is 3.03. The normalized spacial score (nSPS) is 12.1.